The average Bonchev–Trinajstić information content (AvgIpc) is 2.47. The highest BCUT2D eigenvalue weighted by Gasteiger charge is 2.23. The minimum atomic E-state index is 0.143. The third kappa shape index (κ3) is 2.04. The molecule has 1 aliphatic rings. The molecule has 0 spiro atoms. The van der Waals surface area contributed by atoms with Crippen LogP contribution in [0.15, 0.2) is 42.5 Å². The SMILES string of the molecule is O=C(c1cccc2ccccc12)C1CCCNC1. The molecule has 0 aliphatic carbocycles. The zero-order chi connectivity index (χ0) is 12.4. The summed E-state index contributed by atoms with van der Waals surface area (Å²) in [4.78, 5) is 12.6. The highest BCUT2D eigenvalue weighted by molar-refractivity contribution is 6.09. The van der Waals surface area contributed by atoms with E-state index in [0.717, 1.165) is 42.3 Å². The minimum Gasteiger partial charge on any atom is -0.316 e. The van der Waals surface area contributed by atoms with Gasteiger partial charge in [0.1, 0.15) is 0 Å². The molecule has 92 valence electrons. The van der Waals surface area contributed by atoms with Gasteiger partial charge >= 0.3 is 0 Å². The zero-order valence-electron chi connectivity index (χ0n) is 10.4. The van der Waals surface area contributed by atoms with Gasteiger partial charge in [-0.25, -0.2) is 0 Å². The Labute approximate surface area is 107 Å². The average molecular weight is 239 g/mol. The number of benzene rings is 2. The first-order chi connectivity index (χ1) is 8.86. The summed E-state index contributed by atoms with van der Waals surface area (Å²) in [7, 11) is 0. The molecule has 1 fully saturated rings. The van der Waals surface area contributed by atoms with Crippen molar-refractivity contribution in [2.24, 2.45) is 5.92 Å². The molecule has 1 unspecified atom stereocenters. The summed E-state index contributed by atoms with van der Waals surface area (Å²) < 4.78 is 0. The molecule has 1 atom stereocenters. The van der Waals surface area contributed by atoms with Crippen LogP contribution in [0.2, 0.25) is 0 Å². The lowest BCUT2D eigenvalue weighted by atomic mass is 9.89. The van der Waals surface area contributed by atoms with Crippen LogP contribution < -0.4 is 5.32 Å². The van der Waals surface area contributed by atoms with Gasteiger partial charge in [0.15, 0.2) is 5.78 Å². The molecule has 1 heterocycles. The fraction of sp³-hybridized carbons (Fsp3) is 0.312. The standard InChI is InChI=1S/C16H17NO/c18-16(13-7-4-10-17-11-13)15-9-3-6-12-5-1-2-8-14(12)15/h1-3,5-6,8-9,13,17H,4,7,10-11H2. The number of hydrogen-bond acceptors (Lipinski definition) is 2. The monoisotopic (exact) mass is 239 g/mol. The summed E-state index contributed by atoms with van der Waals surface area (Å²) in [5.74, 6) is 0.434. The van der Waals surface area contributed by atoms with Crippen LogP contribution in [-0.4, -0.2) is 18.9 Å². The Kier molecular flexibility index (Phi) is 3.11. The lowest BCUT2D eigenvalue weighted by Gasteiger charge is -2.22. The fourth-order valence-corrected chi connectivity index (χ4v) is 2.74. The van der Waals surface area contributed by atoms with Crippen LogP contribution in [0, 0.1) is 5.92 Å². The largest absolute Gasteiger partial charge is 0.316 e. The number of piperidine rings is 1. The molecule has 2 aromatic rings. The Morgan fingerprint density at radius 3 is 2.78 bits per heavy atom. The summed E-state index contributed by atoms with van der Waals surface area (Å²) in [6.45, 7) is 1.86. The van der Waals surface area contributed by atoms with E-state index in [0.29, 0.717) is 5.78 Å². The third-order valence-corrected chi connectivity index (χ3v) is 3.72. The smallest absolute Gasteiger partial charge is 0.167 e. The van der Waals surface area contributed by atoms with E-state index in [1.807, 2.05) is 30.3 Å². The van der Waals surface area contributed by atoms with Gasteiger partial charge in [-0.15, -0.1) is 0 Å². The van der Waals surface area contributed by atoms with E-state index < -0.39 is 0 Å². The van der Waals surface area contributed by atoms with Gasteiger partial charge in [-0.3, -0.25) is 4.79 Å². The summed E-state index contributed by atoms with van der Waals surface area (Å²) in [5.41, 5.74) is 0.877. The number of nitrogens with one attached hydrogen (secondary N) is 1. The van der Waals surface area contributed by atoms with Crippen molar-refractivity contribution in [3.05, 3.63) is 48.0 Å². The number of rotatable bonds is 2. The van der Waals surface area contributed by atoms with Gasteiger partial charge in [0.25, 0.3) is 0 Å². The maximum atomic E-state index is 12.6. The summed E-state index contributed by atoms with van der Waals surface area (Å²) >= 11 is 0. The van der Waals surface area contributed by atoms with Crippen molar-refractivity contribution in [1.29, 1.82) is 0 Å². The van der Waals surface area contributed by atoms with Gasteiger partial charge in [0, 0.05) is 18.0 Å². The lowest BCUT2D eigenvalue weighted by Crippen LogP contribution is -2.34. The number of fused-ring (bicyclic) bond motifs is 1. The molecular formula is C16H17NO. The van der Waals surface area contributed by atoms with E-state index in [9.17, 15) is 4.79 Å². The van der Waals surface area contributed by atoms with Crippen LogP contribution in [0.5, 0.6) is 0 Å². The molecular weight excluding hydrogens is 222 g/mol. The van der Waals surface area contributed by atoms with Crippen molar-refractivity contribution in [2.45, 2.75) is 12.8 Å². The van der Waals surface area contributed by atoms with E-state index in [4.69, 9.17) is 0 Å². The van der Waals surface area contributed by atoms with Crippen molar-refractivity contribution in [3.8, 4) is 0 Å². The molecule has 2 aromatic carbocycles. The Balaban J connectivity index is 2.00. The summed E-state index contributed by atoms with van der Waals surface area (Å²) in [6.07, 6.45) is 2.11. The topological polar surface area (TPSA) is 29.1 Å². The molecule has 2 nitrogen and oxygen atoms in total. The van der Waals surface area contributed by atoms with Crippen LogP contribution in [-0.2, 0) is 0 Å². The number of carbonyl (C=O) groups is 1. The van der Waals surface area contributed by atoms with Crippen molar-refractivity contribution < 1.29 is 4.79 Å². The number of Topliss-reactive ketones (excluding diaryl/α,β-unsaturated/α-hetero) is 1. The second-order valence-electron chi connectivity index (χ2n) is 4.93. The number of hydrogen-bond donors (Lipinski definition) is 1. The molecule has 0 amide bonds. The molecule has 1 aliphatic heterocycles. The van der Waals surface area contributed by atoms with E-state index in [1.54, 1.807) is 0 Å². The van der Waals surface area contributed by atoms with Gasteiger partial charge in [-0.1, -0.05) is 42.5 Å². The first-order valence-electron chi connectivity index (χ1n) is 6.59. The maximum absolute atomic E-state index is 12.6. The molecule has 0 aromatic heterocycles. The second-order valence-corrected chi connectivity index (χ2v) is 4.93. The van der Waals surface area contributed by atoms with Gasteiger partial charge in [0.05, 0.1) is 0 Å². The quantitative estimate of drug-likeness (QED) is 0.816. The first-order valence-corrected chi connectivity index (χ1v) is 6.59. The predicted molar refractivity (Wildman–Crippen MR) is 73.9 cm³/mol. The zero-order valence-corrected chi connectivity index (χ0v) is 10.4. The predicted octanol–water partition coefficient (Wildman–Crippen LogP) is 3.02. The fourth-order valence-electron chi connectivity index (χ4n) is 2.74. The van der Waals surface area contributed by atoms with E-state index in [2.05, 4.69) is 17.4 Å². The Hall–Kier alpha value is -1.67. The van der Waals surface area contributed by atoms with Crippen molar-refractivity contribution in [3.63, 3.8) is 0 Å². The van der Waals surface area contributed by atoms with Crippen molar-refractivity contribution in [2.75, 3.05) is 13.1 Å². The van der Waals surface area contributed by atoms with Gasteiger partial charge in [0.2, 0.25) is 0 Å². The van der Waals surface area contributed by atoms with E-state index in [-0.39, 0.29) is 5.92 Å². The Morgan fingerprint density at radius 2 is 1.94 bits per heavy atom. The van der Waals surface area contributed by atoms with E-state index >= 15 is 0 Å². The molecule has 3 rings (SSSR count). The molecule has 0 radical (unpaired) electrons. The van der Waals surface area contributed by atoms with Crippen LogP contribution in [0.25, 0.3) is 10.8 Å². The highest BCUT2D eigenvalue weighted by Crippen LogP contribution is 2.23. The maximum Gasteiger partial charge on any atom is 0.167 e. The molecule has 2 heteroatoms. The molecule has 0 bridgehead atoms. The second kappa shape index (κ2) is 4.91. The molecule has 0 saturated carbocycles. The number of ketones is 1. The normalized spacial score (nSPS) is 19.9. The van der Waals surface area contributed by atoms with Gasteiger partial charge in [-0.2, -0.15) is 0 Å². The minimum absolute atomic E-state index is 0.143. The van der Waals surface area contributed by atoms with Crippen LogP contribution in [0.1, 0.15) is 23.2 Å². The van der Waals surface area contributed by atoms with Gasteiger partial charge in [-0.05, 0) is 30.2 Å². The Morgan fingerprint density at radius 1 is 1.11 bits per heavy atom. The molecule has 18 heavy (non-hydrogen) atoms. The summed E-state index contributed by atoms with van der Waals surface area (Å²) in [6, 6.07) is 14.1. The van der Waals surface area contributed by atoms with Crippen molar-refractivity contribution in [1.82, 2.24) is 5.32 Å². The van der Waals surface area contributed by atoms with Crippen LogP contribution in [0.3, 0.4) is 0 Å². The molecule has 1 saturated heterocycles. The van der Waals surface area contributed by atoms with Crippen LogP contribution >= 0.6 is 0 Å². The molecule has 1 N–H and O–H groups in total. The highest BCUT2D eigenvalue weighted by atomic mass is 16.1. The van der Waals surface area contributed by atoms with Gasteiger partial charge < -0.3 is 5.32 Å². The Bertz CT molecular complexity index is 565. The lowest BCUT2D eigenvalue weighted by molar-refractivity contribution is 0.0901. The van der Waals surface area contributed by atoms with Crippen molar-refractivity contribution >= 4 is 16.6 Å². The third-order valence-electron chi connectivity index (χ3n) is 3.72. The van der Waals surface area contributed by atoms with Crippen LogP contribution in [0.4, 0.5) is 0 Å². The van der Waals surface area contributed by atoms with E-state index in [1.165, 1.54) is 0 Å². The first kappa shape index (κ1) is 11.4. The summed E-state index contributed by atoms with van der Waals surface area (Å²) in [5, 5.41) is 5.54. The number of carbonyl (C=O) groups excluding carboxylic acids is 1.